The molecule has 1 aromatic rings. The minimum absolute atomic E-state index is 0.0816. The van der Waals surface area contributed by atoms with Gasteiger partial charge in [-0.2, -0.15) is 0 Å². The number of rotatable bonds is 5. The van der Waals surface area contributed by atoms with Crippen LogP contribution in [-0.4, -0.2) is 30.4 Å². The SMILES string of the molecule is C=CCNC(=O)CN1CCCC1c1ccc(C(C)(C)C)cc1. The normalized spacial score (nSPS) is 19.1. The lowest BCUT2D eigenvalue weighted by Gasteiger charge is -2.25. The van der Waals surface area contributed by atoms with Crippen molar-refractivity contribution in [3.05, 3.63) is 48.0 Å². The summed E-state index contributed by atoms with van der Waals surface area (Å²) in [6, 6.07) is 9.27. The van der Waals surface area contributed by atoms with Crippen molar-refractivity contribution in [2.24, 2.45) is 0 Å². The van der Waals surface area contributed by atoms with Gasteiger partial charge in [-0.1, -0.05) is 51.1 Å². The van der Waals surface area contributed by atoms with Crippen LogP contribution in [-0.2, 0) is 10.2 Å². The van der Waals surface area contributed by atoms with Gasteiger partial charge in [0.15, 0.2) is 0 Å². The molecule has 120 valence electrons. The fourth-order valence-electron chi connectivity index (χ4n) is 3.02. The summed E-state index contributed by atoms with van der Waals surface area (Å²) in [5, 5.41) is 2.86. The average Bonchev–Trinajstić information content (AvgIpc) is 2.92. The van der Waals surface area contributed by atoms with Gasteiger partial charge in [0.25, 0.3) is 0 Å². The second-order valence-corrected chi connectivity index (χ2v) is 7.09. The highest BCUT2D eigenvalue weighted by atomic mass is 16.2. The summed E-state index contributed by atoms with van der Waals surface area (Å²) < 4.78 is 0. The lowest BCUT2D eigenvalue weighted by atomic mass is 9.86. The molecule has 1 aliphatic heterocycles. The van der Waals surface area contributed by atoms with Crippen molar-refractivity contribution in [2.45, 2.75) is 45.1 Å². The maximum Gasteiger partial charge on any atom is 0.234 e. The van der Waals surface area contributed by atoms with Crippen LogP contribution in [0, 0.1) is 0 Å². The van der Waals surface area contributed by atoms with Crippen LogP contribution in [0.1, 0.15) is 50.8 Å². The minimum atomic E-state index is 0.0816. The van der Waals surface area contributed by atoms with Crippen molar-refractivity contribution in [2.75, 3.05) is 19.6 Å². The van der Waals surface area contributed by atoms with Gasteiger partial charge in [0.05, 0.1) is 6.54 Å². The third kappa shape index (κ3) is 4.20. The van der Waals surface area contributed by atoms with E-state index in [1.807, 2.05) is 0 Å². The Labute approximate surface area is 134 Å². The molecule has 0 bridgehead atoms. The first-order valence-corrected chi connectivity index (χ1v) is 8.14. The smallest absolute Gasteiger partial charge is 0.234 e. The Hall–Kier alpha value is -1.61. The molecular weight excluding hydrogens is 272 g/mol. The number of benzene rings is 1. The summed E-state index contributed by atoms with van der Waals surface area (Å²) in [6.45, 7) is 12.3. The van der Waals surface area contributed by atoms with E-state index < -0.39 is 0 Å². The van der Waals surface area contributed by atoms with E-state index in [1.165, 1.54) is 11.1 Å². The summed E-state index contributed by atoms with van der Waals surface area (Å²) in [5.41, 5.74) is 2.85. The summed E-state index contributed by atoms with van der Waals surface area (Å²) in [5.74, 6) is 0.0816. The van der Waals surface area contributed by atoms with Crippen molar-refractivity contribution in [3.63, 3.8) is 0 Å². The molecule has 1 N–H and O–H groups in total. The Kier molecular flexibility index (Phi) is 5.41. The van der Waals surface area contributed by atoms with E-state index in [0.717, 1.165) is 19.4 Å². The highest BCUT2D eigenvalue weighted by Gasteiger charge is 2.27. The Morgan fingerprint density at radius 3 is 2.64 bits per heavy atom. The molecule has 3 heteroatoms. The van der Waals surface area contributed by atoms with Gasteiger partial charge in [0.2, 0.25) is 5.91 Å². The zero-order valence-corrected chi connectivity index (χ0v) is 14.1. The fourth-order valence-corrected chi connectivity index (χ4v) is 3.02. The topological polar surface area (TPSA) is 32.3 Å². The van der Waals surface area contributed by atoms with Crippen LogP contribution in [0.4, 0.5) is 0 Å². The van der Waals surface area contributed by atoms with Crippen LogP contribution in [0.5, 0.6) is 0 Å². The molecule has 1 aliphatic rings. The van der Waals surface area contributed by atoms with E-state index in [2.05, 4.69) is 61.8 Å². The number of amides is 1. The summed E-state index contributed by atoms with van der Waals surface area (Å²) in [7, 11) is 0. The van der Waals surface area contributed by atoms with Crippen molar-refractivity contribution < 1.29 is 4.79 Å². The molecule has 1 atom stereocenters. The van der Waals surface area contributed by atoms with Crippen LogP contribution >= 0.6 is 0 Å². The van der Waals surface area contributed by atoms with Gasteiger partial charge < -0.3 is 5.32 Å². The van der Waals surface area contributed by atoms with Crippen molar-refractivity contribution in [1.29, 1.82) is 0 Å². The monoisotopic (exact) mass is 300 g/mol. The zero-order chi connectivity index (χ0) is 16.2. The molecule has 2 rings (SSSR count). The number of nitrogens with zero attached hydrogens (tertiary/aromatic N) is 1. The van der Waals surface area contributed by atoms with E-state index in [0.29, 0.717) is 19.1 Å². The molecule has 0 saturated carbocycles. The van der Waals surface area contributed by atoms with Gasteiger partial charge in [-0.25, -0.2) is 0 Å². The molecule has 0 radical (unpaired) electrons. The number of likely N-dealkylation sites (tertiary alicyclic amines) is 1. The first-order valence-electron chi connectivity index (χ1n) is 8.14. The second-order valence-electron chi connectivity index (χ2n) is 7.09. The minimum Gasteiger partial charge on any atom is -0.352 e. The van der Waals surface area contributed by atoms with Gasteiger partial charge in [-0.05, 0) is 35.9 Å². The van der Waals surface area contributed by atoms with Crippen LogP contribution in [0.15, 0.2) is 36.9 Å². The summed E-state index contributed by atoms with van der Waals surface area (Å²) >= 11 is 0. The third-order valence-corrected chi connectivity index (χ3v) is 4.32. The lowest BCUT2D eigenvalue weighted by Crippen LogP contribution is -2.37. The van der Waals surface area contributed by atoms with Crippen LogP contribution in [0.25, 0.3) is 0 Å². The van der Waals surface area contributed by atoms with Gasteiger partial charge in [-0.15, -0.1) is 6.58 Å². The third-order valence-electron chi connectivity index (χ3n) is 4.32. The highest BCUT2D eigenvalue weighted by molar-refractivity contribution is 5.78. The standard InChI is InChI=1S/C19H28N2O/c1-5-12-20-18(22)14-21-13-6-7-17(21)15-8-10-16(11-9-15)19(2,3)4/h5,8-11,17H,1,6-7,12-14H2,2-4H3,(H,20,22). The van der Waals surface area contributed by atoms with E-state index in [1.54, 1.807) is 6.08 Å². The lowest BCUT2D eigenvalue weighted by molar-refractivity contribution is -0.122. The molecular formula is C19H28N2O. The number of hydrogen-bond donors (Lipinski definition) is 1. The number of hydrogen-bond acceptors (Lipinski definition) is 2. The molecule has 0 aliphatic carbocycles. The van der Waals surface area contributed by atoms with Crippen LogP contribution in [0.3, 0.4) is 0 Å². The van der Waals surface area contributed by atoms with Crippen molar-refractivity contribution in [1.82, 2.24) is 10.2 Å². The number of carbonyl (C=O) groups excluding carboxylic acids is 1. The second kappa shape index (κ2) is 7.10. The fraction of sp³-hybridized carbons (Fsp3) is 0.526. The zero-order valence-electron chi connectivity index (χ0n) is 14.1. The molecule has 22 heavy (non-hydrogen) atoms. The van der Waals surface area contributed by atoms with E-state index in [4.69, 9.17) is 0 Å². The summed E-state index contributed by atoms with van der Waals surface area (Å²) in [4.78, 5) is 14.2. The molecule has 1 fully saturated rings. The predicted molar refractivity (Wildman–Crippen MR) is 91.9 cm³/mol. The number of carbonyl (C=O) groups is 1. The van der Waals surface area contributed by atoms with Gasteiger partial charge >= 0.3 is 0 Å². The largest absolute Gasteiger partial charge is 0.352 e. The molecule has 0 aromatic heterocycles. The highest BCUT2D eigenvalue weighted by Crippen LogP contribution is 2.32. The average molecular weight is 300 g/mol. The molecule has 1 unspecified atom stereocenters. The van der Waals surface area contributed by atoms with Gasteiger partial charge in [0, 0.05) is 12.6 Å². The molecule has 1 saturated heterocycles. The number of nitrogens with one attached hydrogen (secondary N) is 1. The Morgan fingerprint density at radius 1 is 1.36 bits per heavy atom. The van der Waals surface area contributed by atoms with Gasteiger partial charge in [0.1, 0.15) is 0 Å². The van der Waals surface area contributed by atoms with E-state index in [-0.39, 0.29) is 11.3 Å². The Balaban J connectivity index is 2.04. The van der Waals surface area contributed by atoms with Gasteiger partial charge in [-0.3, -0.25) is 9.69 Å². The molecule has 0 spiro atoms. The maximum atomic E-state index is 11.9. The quantitative estimate of drug-likeness (QED) is 0.845. The van der Waals surface area contributed by atoms with Crippen molar-refractivity contribution >= 4 is 5.91 Å². The van der Waals surface area contributed by atoms with Crippen LogP contribution < -0.4 is 5.32 Å². The maximum absolute atomic E-state index is 11.9. The molecule has 1 aromatic carbocycles. The first kappa shape index (κ1) is 16.8. The Morgan fingerprint density at radius 2 is 2.05 bits per heavy atom. The summed E-state index contributed by atoms with van der Waals surface area (Å²) in [6.07, 6.45) is 3.99. The van der Waals surface area contributed by atoms with E-state index >= 15 is 0 Å². The molecule has 3 nitrogen and oxygen atoms in total. The van der Waals surface area contributed by atoms with E-state index in [9.17, 15) is 4.79 Å². The van der Waals surface area contributed by atoms with Crippen molar-refractivity contribution in [3.8, 4) is 0 Å². The van der Waals surface area contributed by atoms with Crippen LogP contribution in [0.2, 0.25) is 0 Å². The Bertz CT molecular complexity index is 513. The molecule has 1 amide bonds. The first-order chi connectivity index (χ1) is 10.4. The predicted octanol–water partition coefficient (Wildman–Crippen LogP) is 3.42. The molecule has 1 heterocycles.